The summed E-state index contributed by atoms with van der Waals surface area (Å²) in [7, 11) is 0. The Morgan fingerprint density at radius 1 is 1.14 bits per heavy atom. The van der Waals surface area contributed by atoms with Crippen LogP contribution in [0.15, 0.2) is 54.6 Å². The maximum Gasteiger partial charge on any atom is 0.308 e. The first kappa shape index (κ1) is 15.2. The van der Waals surface area contributed by atoms with Gasteiger partial charge in [-0.2, -0.15) is 0 Å². The molecule has 4 heteroatoms. The first-order valence-electron chi connectivity index (χ1n) is 6.82. The van der Waals surface area contributed by atoms with Crippen molar-refractivity contribution in [3.8, 4) is 5.75 Å². The summed E-state index contributed by atoms with van der Waals surface area (Å²) in [5, 5.41) is 10.2. The van der Waals surface area contributed by atoms with Gasteiger partial charge in [0.2, 0.25) is 0 Å². The molecule has 0 radical (unpaired) electrons. The van der Waals surface area contributed by atoms with Crippen LogP contribution in [-0.4, -0.2) is 17.2 Å². The molecule has 0 unspecified atom stereocenters. The number of carbonyl (C=O) groups is 1. The van der Waals surface area contributed by atoms with Crippen molar-refractivity contribution in [2.75, 3.05) is 0 Å². The fraction of sp³-hybridized carbons (Fsp3) is 0.235. The summed E-state index contributed by atoms with van der Waals surface area (Å²) in [6.07, 6.45) is -0.180. The van der Waals surface area contributed by atoms with Crippen molar-refractivity contribution in [1.82, 2.24) is 0 Å². The second kappa shape index (κ2) is 7.02. The van der Waals surface area contributed by atoms with Crippen molar-refractivity contribution in [2.24, 2.45) is 5.73 Å². The Labute approximate surface area is 124 Å². The van der Waals surface area contributed by atoms with E-state index in [1.165, 1.54) is 6.92 Å². The molecule has 0 saturated carbocycles. The third-order valence-electron chi connectivity index (χ3n) is 3.23. The van der Waals surface area contributed by atoms with E-state index in [0.29, 0.717) is 12.2 Å². The van der Waals surface area contributed by atoms with Crippen LogP contribution in [-0.2, 0) is 11.2 Å². The summed E-state index contributed by atoms with van der Waals surface area (Å²) in [5.41, 5.74) is 7.92. The van der Waals surface area contributed by atoms with Gasteiger partial charge in [0.1, 0.15) is 5.75 Å². The number of rotatable bonds is 5. The molecule has 0 fully saturated rings. The molecule has 4 nitrogen and oxygen atoms in total. The van der Waals surface area contributed by atoms with E-state index in [-0.39, 0.29) is 5.97 Å². The average molecular weight is 285 g/mol. The molecule has 2 aromatic carbocycles. The SMILES string of the molecule is CC(=O)Oc1ccc([C@@H](N)[C@@H](O)Cc2ccccc2)cc1. The van der Waals surface area contributed by atoms with E-state index in [0.717, 1.165) is 11.1 Å². The molecule has 0 aliphatic rings. The topological polar surface area (TPSA) is 72.5 Å². The van der Waals surface area contributed by atoms with Crippen LogP contribution < -0.4 is 10.5 Å². The highest BCUT2D eigenvalue weighted by molar-refractivity contribution is 5.69. The molecule has 0 heterocycles. The number of hydrogen-bond acceptors (Lipinski definition) is 4. The molecular weight excluding hydrogens is 266 g/mol. The maximum absolute atomic E-state index is 10.9. The van der Waals surface area contributed by atoms with E-state index in [4.69, 9.17) is 10.5 Å². The monoisotopic (exact) mass is 285 g/mol. The molecule has 0 saturated heterocycles. The molecular formula is C17H19NO3. The fourth-order valence-electron chi connectivity index (χ4n) is 2.13. The van der Waals surface area contributed by atoms with Crippen LogP contribution in [0.25, 0.3) is 0 Å². The van der Waals surface area contributed by atoms with E-state index >= 15 is 0 Å². The van der Waals surface area contributed by atoms with Gasteiger partial charge in [-0.25, -0.2) is 0 Å². The van der Waals surface area contributed by atoms with Gasteiger partial charge in [-0.15, -0.1) is 0 Å². The van der Waals surface area contributed by atoms with Crippen molar-refractivity contribution in [3.05, 3.63) is 65.7 Å². The summed E-state index contributed by atoms with van der Waals surface area (Å²) in [6, 6.07) is 16.1. The summed E-state index contributed by atoms with van der Waals surface area (Å²) in [4.78, 5) is 10.9. The first-order chi connectivity index (χ1) is 10.1. The number of carbonyl (C=O) groups excluding carboxylic acids is 1. The van der Waals surface area contributed by atoms with Crippen LogP contribution >= 0.6 is 0 Å². The molecule has 0 aliphatic heterocycles. The lowest BCUT2D eigenvalue weighted by Crippen LogP contribution is -2.28. The van der Waals surface area contributed by atoms with Gasteiger partial charge in [0.15, 0.2) is 0 Å². The van der Waals surface area contributed by atoms with Crippen LogP contribution in [0.4, 0.5) is 0 Å². The third-order valence-corrected chi connectivity index (χ3v) is 3.23. The minimum absolute atomic E-state index is 0.365. The van der Waals surface area contributed by atoms with Crippen molar-refractivity contribution in [2.45, 2.75) is 25.5 Å². The highest BCUT2D eigenvalue weighted by Gasteiger charge is 2.17. The third kappa shape index (κ3) is 4.41. The quantitative estimate of drug-likeness (QED) is 0.652. The second-order valence-corrected chi connectivity index (χ2v) is 4.95. The van der Waals surface area contributed by atoms with Gasteiger partial charge in [-0.1, -0.05) is 42.5 Å². The number of aliphatic hydroxyl groups excluding tert-OH is 1. The molecule has 2 rings (SSSR count). The van der Waals surface area contributed by atoms with E-state index in [9.17, 15) is 9.90 Å². The molecule has 21 heavy (non-hydrogen) atoms. The summed E-state index contributed by atoms with van der Waals surface area (Å²) in [6.45, 7) is 1.35. The lowest BCUT2D eigenvalue weighted by Gasteiger charge is -2.19. The van der Waals surface area contributed by atoms with Gasteiger partial charge in [-0.05, 0) is 23.3 Å². The Morgan fingerprint density at radius 2 is 1.76 bits per heavy atom. The van der Waals surface area contributed by atoms with E-state index < -0.39 is 12.1 Å². The zero-order valence-corrected chi connectivity index (χ0v) is 11.9. The fourth-order valence-corrected chi connectivity index (χ4v) is 2.13. The largest absolute Gasteiger partial charge is 0.427 e. The van der Waals surface area contributed by atoms with Gasteiger partial charge in [0.25, 0.3) is 0 Å². The number of ether oxygens (including phenoxy) is 1. The standard InChI is InChI=1S/C17H19NO3/c1-12(19)21-15-9-7-14(8-10-15)17(18)16(20)11-13-5-3-2-4-6-13/h2-10,16-17,20H,11,18H2,1H3/t16-,17+/m0/s1. The van der Waals surface area contributed by atoms with Gasteiger partial charge in [0, 0.05) is 13.3 Å². The molecule has 2 atom stereocenters. The van der Waals surface area contributed by atoms with Crippen LogP contribution in [0.5, 0.6) is 5.75 Å². The minimum Gasteiger partial charge on any atom is -0.427 e. The van der Waals surface area contributed by atoms with Crippen molar-refractivity contribution >= 4 is 5.97 Å². The first-order valence-corrected chi connectivity index (χ1v) is 6.82. The summed E-state index contributed by atoms with van der Waals surface area (Å²) in [5.74, 6) is 0.104. The molecule has 3 N–H and O–H groups in total. The molecule has 2 aromatic rings. The normalized spacial score (nSPS) is 13.5. The van der Waals surface area contributed by atoms with Crippen LogP contribution in [0.2, 0.25) is 0 Å². The lowest BCUT2D eigenvalue weighted by atomic mass is 9.97. The van der Waals surface area contributed by atoms with Gasteiger partial charge >= 0.3 is 5.97 Å². The van der Waals surface area contributed by atoms with Crippen LogP contribution in [0.3, 0.4) is 0 Å². The van der Waals surface area contributed by atoms with Crippen molar-refractivity contribution in [3.63, 3.8) is 0 Å². The molecule has 0 bridgehead atoms. The number of hydrogen-bond donors (Lipinski definition) is 2. The predicted octanol–water partition coefficient (Wildman–Crippen LogP) is 2.22. The van der Waals surface area contributed by atoms with Crippen LogP contribution in [0, 0.1) is 0 Å². The van der Waals surface area contributed by atoms with Gasteiger partial charge in [0.05, 0.1) is 12.1 Å². The van der Waals surface area contributed by atoms with E-state index in [1.807, 2.05) is 30.3 Å². The minimum atomic E-state index is -0.674. The Kier molecular flexibility index (Phi) is 5.09. The zero-order valence-electron chi connectivity index (χ0n) is 11.9. The van der Waals surface area contributed by atoms with E-state index in [2.05, 4.69) is 0 Å². The molecule has 0 aromatic heterocycles. The molecule has 0 aliphatic carbocycles. The molecule has 110 valence electrons. The Morgan fingerprint density at radius 3 is 2.33 bits per heavy atom. The highest BCUT2D eigenvalue weighted by Crippen LogP contribution is 2.20. The van der Waals surface area contributed by atoms with Crippen LogP contribution in [0.1, 0.15) is 24.1 Å². The molecule has 0 spiro atoms. The Bertz CT molecular complexity index is 581. The highest BCUT2D eigenvalue weighted by atomic mass is 16.5. The predicted molar refractivity (Wildman–Crippen MR) is 80.8 cm³/mol. The van der Waals surface area contributed by atoms with Gasteiger partial charge in [-0.3, -0.25) is 4.79 Å². The lowest BCUT2D eigenvalue weighted by molar-refractivity contribution is -0.131. The summed E-state index contributed by atoms with van der Waals surface area (Å²) < 4.78 is 4.96. The van der Waals surface area contributed by atoms with Crippen molar-refractivity contribution in [1.29, 1.82) is 0 Å². The maximum atomic E-state index is 10.9. The number of esters is 1. The van der Waals surface area contributed by atoms with Crippen molar-refractivity contribution < 1.29 is 14.6 Å². The summed E-state index contributed by atoms with van der Waals surface area (Å²) >= 11 is 0. The second-order valence-electron chi connectivity index (χ2n) is 4.95. The molecule has 0 amide bonds. The number of nitrogens with two attached hydrogens (primary N) is 1. The van der Waals surface area contributed by atoms with Gasteiger partial charge < -0.3 is 15.6 Å². The number of benzene rings is 2. The zero-order chi connectivity index (χ0) is 15.2. The Hall–Kier alpha value is -2.17. The smallest absolute Gasteiger partial charge is 0.308 e. The number of aliphatic hydroxyl groups is 1. The average Bonchev–Trinajstić information content (AvgIpc) is 2.47. The Balaban J connectivity index is 2.01. The van der Waals surface area contributed by atoms with E-state index in [1.54, 1.807) is 24.3 Å².